The number of aromatic amines is 2. The monoisotopic (exact) mass is 508 g/mol. The minimum absolute atomic E-state index is 0.103. The number of amides is 1. The maximum Gasteiger partial charge on any atom is 0.416 e. The Morgan fingerprint density at radius 2 is 1.89 bits per heavy atom. The molecule has 0 radical (unpaired) electrons. The van der Waals surface area contributed by atoms with Crippen molar-refractivity contribution in [3.63, 3.8) is 0 Å². The average Bonchev–Trinajstić information content (AvgIpc) is 3.44. The van der Waals surface area contributed by atoms with E-state index >= 15 is 0 Å². The third kappa shape index (κ3) is 4.41. The number of fused-ring (bicyclic) bond motifs is 5. The van der Waals surface area contributed by atoms with Gasteiger partial charge in [0.2, 0.25) is 0 Å². The SMILES string of the molecule is O=C(c1ccc2[nH]c3c(c2c1)CCCc1cn[nH]c1-3)N1CCC(O)(Cc2cccc(C(F)(F)F)c2)CC1. The fourth-order valence-electron chi connectivity index (χ4n) is 5.75. The summed E-state index contributed by atoms with van der Waals surface area (Å²) in [5, 5.41) is 19.4. The van der Waals surface area contributed by atoms with Crippen molar-refractivity contribution in [2.45, 2.75) is 50.3 Å². The molecule has 0 atom stereocenters. The summed E-state index contributed by atoms with van der Waals surface area (Å²) in [5.41, 5.74) is 4.54. The molecule has 6 nitrogen and oxygen atoms in total. The minimum atomic E-state index is -4.42. The first-order valence-corrected chi connectivity index (χ1v) is 12.6. The van der Waals surface area contributed by atoms with Gasteiger partial charge in [0.05, 0.1) is 28.7 Å². The molecule has 1 aliphatic heterocycles. The molecule has 2 aromatic heterocycles. The molecule has 1 aliphatic carbocycles. The molecule has 2 aliphatic rings. The summed E-state index contributed by atoms with van der Waals surface area (Å²) in [6.07, 6.45) is 1.03. The number of rotatable bonds is 3. The molecule has 0 spiro atoms. The molecule has 2 aromatic carbocycles. The van der Waals surface area contributed by atoms with Gasteiger partial charge in [0.15, 0.2) is 0 Å². The van der Waals surface area contributed by atoms with Gasteiger partial charge in [-0.3, -0.25) is 9.89 Å². The van der Waals surface area contributed by atoms with Gasteiger partial charge in [0.25, 0.3) is 5.91 Å². The van der Waals surface area contributed by atoms with Crippen molar-refractivity contribution in [3.8, 4) is 11.4 Å². The van der Waals surface area contributed by atoms with Crippen LogP contribution in [0.15, 0.2) is 48.7 Å². The Labute approximate surface area is 211 Å². The fourth-order valence-corrected chi connectivity index (χ4v) is 5.75. The van der Waals surface area contributed by atoms with E-state index in [1.54, 1.807) is 11.0 Å². The number of aliphatic hydroxyl groups is 1. The molecular formula is C28H27F3N4O2. The predicted octanol–water partition coefficient (Wildman–Crippen LogP) is 5.28. The molecule has 37 heavy (non-hydrogen) atoms. The second-order valence-electron chi connectivity index (χ2n) is 10.3. The lowest BCUT2D eigenvalue weighted by Crippen LogP contribution is -2.47. The summed E-state index contributed by atoms with van der Waals surface area (Å²) < 4.78 is 39.2. The van der Waals surface area contributed by atoms with Crippen LogP contribution in [0.3, 0.4) is 0 Å². The zero-order valence-electron chi connectivity index (χ0n) is 20.2. The maximum atomic E-state index is 13.4. The second kappa shape index (κ2) is 8.76. The molecule has 192 valence electrons. The van der Waals surface area contributed by atoms with Gasteiger partial charge < -0.3 is 15.0 Å². The number of H-pyrrole nitrogens is 2. The average molecular weight is 509 g/mol. The number of aryl methyl sites for hydroxylation is 2. The Morgan fingerprint density at radius 1 is 1.08 bits per heavy atom. The molecule has 1 saturated heterocycles. The first-order valence-electron chi connectivity index (χ1n) is 12.6. The Hall–Kier alpha value is -3.59. The normalized spacial score (nSPS) is 17.4. The van der Waals surface area contributed by atoms with Crippen LogP contribution in [0.5, 0.6) is 0 Å². The fraction of sp³-hybridized carbons (Fsp3) is 0.357. The molecule has 6 rings (SSSR count). The van der Waals surface area contributed by atoms with Gasteiger partial charge in [-0.1, -0.05) is 18.2 Å². The van der Waals surface area contributed by atoms with Gasteiger partial charge in [-0.25, -0.2) is 0 Å². The first kappa shape index (κ1) is 23.8. The van der Waals surface area contributed by atoms with E-state index in [0.29, 0.717) is 37.1 Å². The molecule has 1 amide bonds. The number of halogens is 3. The number of aromatic nitrogens is 3. The highest BCUT2D eigenvalue weighted by atomic mass is 19.4. The van der Waals surface area contributed by atoms with Crippen molar-refractivity contribution in [2.75, 3.05) is 13.1 Å². The maximum absolute atomic E-state index is 13.4. The van der Waals surface area contributed by atoms with Crippen molar-refractivity contribution in [2.24, 2.45) is 0 Å². The number of alkyl halides is 3. The number of carbonyl (C=O) groups is 1. The number of likely N-dealkylation sites (tertiary alicyclic amines) is 1. The highest BCUT2D eigenvalue weighted by Gasteiger charge is 2.36. The smallest absolute Gasteiger partial charge is 0.389 e. The Morgan fingerprint density at radius 3 is 2.68 bits per heavy atom. The molecule has 0 saturated carbocycles. The van der Waals surface area contributed by atoms with Crippen LogP contribution in [0.1, 0.15) is 51.9 Å². The number of carbonyl (C=O) groups excluding carboxylic acids is 1. The molecule has 0 unspecified atom stereocenters. The molecule has 0 bridgehead atoms. The number of benzene rings is 2. The standard InChI is InChI=1S/C28H27F3N4O2/c29-28(30,31)20-5-1-3-17(13-20)15-27(37)9-11-35(12-10-27)26(36)18-7-8-23-22(14-18)21-6-2-4-19-16-32-34-24(19)25(21)33-23/h1,3,5,7-8,13-14,16,33,37H,2,4,6,9-12,15H2,(H,32,34). The predicted molar refractivity (Wildman–Crippen MR) is 133 cm³/mol. The Bertz CT molecular complexity index is 1480. The number of nitrogens with one attached hydrogen (secondary N) is 2. The van der Waals surface area contributed by atoms with E-state index in [1.807, 2.05) is 24.4 Å². The van der Waals surface area contributed by atoms with Crippen LogP contribution in [0.2, 0.25) is 0 Å². The highest BCUT2D eigenvalue weighted by molar-refractivity contribution is 6.00. The second-order valence-corrected chi connectivity index (χ2v) is 10.3. The Balaban J connectivity index is 1.18. The lowest BCUT2D eigenvalue weighted by atomic mass is 9.85. The van der Waals surface area contributed by atoms with Crippen molar-refractivity contribution < 1.29 is 23.1 Å². The van der Waals surface area contributed by atoms with Crippen LogP contribution in [-0.2, 0) is 25.4 Å². The first-order chi connectivity index (χ1) is 17.7. The zero-order chi connectivity index (χ0) is 25.8. The van der Waals surface area contributed by atoms with Crippen molar-refractivity contribution in [3.05, 3.63) is 76.5 Å². The summed E-state index contributed by atoms with van der Waals surface area (Å²) in [6, 6.07) is 10.8. The minimum Gasteiger partial charge on any atom is -0.389 e. The molecule has 4 aromatic rings. The molecule has 3 heterocycles. The third-order valence-corrected chi connectivity index (χ3v) is 7.76. The van der Waals surface area contributed by atoms with Crippen LogP contribution >= 0.6 is 0 Å². The molecule has 1 fully saturated rings. The summed E-state index contributed by atoms with van der Waals surface area (Å²) >= 11 is 0. The summed E-state index contributed by atoms with van der Waals surface area (Å²) in [7, 11) is 0. The van der Waals surface area contributed by atoms with Gasteiger partial charge in [-0.2, -0.15) is 18.3 Å². The zero-order valence-corrected chi connectivity index (χ0v) is 20.2. The van der Waals surface area contributed by atoms with E-state index in [2.05, 4.69) is 15.2 Å². The van der Waals surface area contributed by atoms with Gasteiger partial charge in [0.1, 0.15) is 0 Å². The Kier molecular flexibility index (Phi) is 5.63. The van der Waals surface area contributed by atoms with E-state index in [1.165, 1.54) is 17.2 Å². The van der Waals surface area contributed by atoms with Crippen molar-refractivity contribution >= 4 is 16.8 Å². The third-order valence-electron chi connectivity index (χ3n) is 7.76. The topological polar surface area (TPSA) is 85.0 Å². The summed E-state index contributed by atoms with van der Waals surface area (Å²) in [5.74, 6) is -0.103. The van der Waals surface area contributed by atoms with Crippen LogP contribution in [0, 0.1) is 0 Å². The molecule has 3 N–H and O–H groups in total. The van der Waals surface area contributed by atoms with Gasteiger partial charge in [-0.05, 0) is 73.1 Å². The van der Waals surface area contributed by atoms with Crippen LogP contribution in [0.25, 0.3) is 22.3 Å². The van der Waals surface area contributed by atoms with E-state index in [0.717, 1.165) is 53.7 Å². The van der Waals surface area contributed by atoms with Crippen molar-refractivity contribution in [1.29, 1.82) is 0 Å². The van der Waals surface area contributed by atoms with E-state index in [9.17, 15) is 23.1 Å². The van der Waals surface area contributed by atoms with E-state index in [4.69, 9.17) is 0 Å². The number of hydrogen-bond donors (Lipinski definition) is 3. The lowest BCUT2D eigenvalue weighted by molar-refractivity contribution is -0.137. The number of nitrogens with zero attached hydrogens (tertiary/aromatic N) is 2. The van der Waals surface area contributed by atoms with Crippen LogP contribution in [0.4, 0.5) is 13.2 Å². The van der Waals surface area contributed by atoms with Gasteiger partial charge in [-0.15, -0.1) is 0 Å². The summed E-state index contributed by atoms with van der Waals surface area (Å²) in [6.45, 7) is 0.685. The van der Waals surface area contributed by atoms with Gasteiger partial charge in [0, 0.05) is 36.0 Å². The van der Waals surface area contributed by atoms with Crippen molar-refractivity contribution in [1.82, 2.24) is 20.1 Å². The van der Waals surface area contributed by atoms with E-state index in [-0.39, 0.29) is 12.3 Å². The lowest BCUT2D eigenvalue weighted by Gasteiger charge is -2.38. The molecular weight excluding hydrogens is 481 g/mol. The highest BCUT2D eigenvalue weighted by Crippen LogP contribution is 2.36. The number of piperidine rings is 1. The van der Waals surface area contributed by atoms with Crippen LogP contribution in [-0.4, -0.2) is 49.8 Å². The summed E-state index contributed by atoms with van der Waals surface area (Å²) in [4.78, 5) is 18.6. The van der Waals surface area contributed by atoms with Crippen LogP contribution < -0.4 is 0 Å². The van der Waals surface area contributed by atoms with Gasteiger partial charge >= 0.3 is 6.18 Å². The largest absolute Gasteiger partial charge is 0.416 e. The van der Waals surface area contributed by atoms with E-state index < -0.39 is 17.3 Å². The molecule has 9 heteroatoms. The quantitative estimate of drug-likeness (QED) is 0.352. The number of hydrogen-bond acceptors (Lipinski definition) is 3.